The van der Waals surface area contributed by atoms with E-state index < -0.39 is 27.4 Å². The first-order valence-electron chi connectivity index (χ1n) is 10.3. The van der Waals surface area contributed by atoms with E-state index in [4.69, 9.17) is 9.84 Å². The summed E-state index contributed by atoms with van der Waals surface area (Å²) in [5.74, 6) is -0.714. The van der Waals surface area contributed by atoms with Crippen molar-refractivity contribution in [3.8, 4) is 22.8 Å². The number of ether oxygens (including phenoxy) is 1. The van der Waals surface area contributed by atoms with E-state index in [1.165, 1.54) is 48.5 Å². The van der Waals surface area contributed by atoms with Gasteiger partial charge in [-0.2, -0.15) is 13.2 Å². The van der Waals surface area contributed by atoms with Gasteiger partial charge in [0.15, 0.2) is 9.84 Å². The van der Waals surface area contributed by atoms with Crippen molar-refractivity contribution in [1.82, 2.24) is 9.97 Å². The lowest BCUT2D eigenvalue weighted by atomic mass is 10.0. The Balaban J connectivity index is 1.73. The van der Waals surface area contributed by atoms with Gasteiger partial charge in [0.25, 0.3) is 0 Å². The first-order valence-corrected chi connectivity index (χ1v) is 12.0. The Morgan fingerprint density at radius 1 is 0.943 bits per heavy atom. The van der Waals surface area contributed by atoms with Crippen LogP contribution in [0.1, 0.15) is 12.0 Å². The summed E-state index contributed by atoms with van der Waals surface area (Å²) in [6, 6.07) is 12.8. The van der Waals surface area contributed by atoms with Crippen molar-refractivity contribution < 1.29 is 35.8 Å². The number of hydrogen-bond donors (Lipinski definition) is 1. The molecule has 0 aliphatic heterocycles. The minimum atomic E-state index is -4.66. The smallest absolute Gasteiger partial charge is 0.418 e. The van der Waals surface area contributed by atoms with Gasteiger partial charge >= 0.3 is 6.18 Å². The molecule has 1 aromatic heterocycles. The summed E-state index contributed by atoms with van der Waals surface area (Å²) in [4.78, 5) is 7.75. The number of halogens is 4. The Labute approximate surface area is 197 Å². The van der Waals surface area contributed by atoms with E-state index in [0.29, 0.717) is 0 Å². The monoisotopic (exact) mass is 506 g/mol. The summed E-state index contributed by atoms with van der Waals surface area (Å²) in [7, 11) is -3.64. The normalized spacial score (nSPS) is 12.1. The Morgan fingerprint density at radius 3 is 2.43 bits per heavy atom. The highest BCUT2D eigenvalue weighted by Gasteiger charge is 2.33. The molecule has 3 aromatic carbocycles. The molecule has 0 saturated heterocycles. The zero-order valence-electron chi connectivity index (χ0n) is 18.0. The number of fused-ring (bicyclic) bond motifs is 1. The maximum Gasteiger partial charge on any atom is 0.418 e. The van der Waals surface area contributed by atoms with Gasteiger partial charge in [-0.05, 0) is 48.9 Å². The molecule has 182 valence electrons. The third-order valence-corrected chi connectivity index (χ3v) is 6.93. The number of sulfone groups is 1. The van der Waals surface area contributed by atoms with Crippen molar-refractivity contribution in [3.05, 3.63) is 78.4 Å². The van der Waals surface area contributed by atoms with Crippen LogP contribution in [0.4, 0.5) is 17.6 Å². The third-order valence-electron chi connectivity index (χ3n) is 5.13. The molecule has 0 bridgehead atoms. The number of rotatable bonds is 7. The average Bonchev–Trinajstić information content (AvgIpc) is 2.83. The molecule has 0 aliphatic carbocycles. The fraction of sp³-hybridized carbons (Fsp3) is 0.167. The molecule has 0 spiro atoms. The lowest BCUT2D eigenvalue weighted by molar-refractivity contribution is -0.136. The van der Waals surface area contributed by atoms with Crippen LogP contribution in [0.3, 0.4) is 0 Å². The lowest BCUT2D eigenvalue weighted by Crippen LogP contribution is -2.08. The maximum absolute atomic E-state index is 14.8. The van der Waals surface area contributed by atoms with Crippen LogP contribution in [-0.4, -0.2) is 35.9 Å². The Kier molecular flexibility index (Phi) is 6.73. The number of benzene rings is 3. The quantitative estimate of drug-likeness (QED) is 0.338. The summed E-state index contributed by atoms with van der Waals surface area (Å²) in [6.45, 7) is -0.268. The SMILES string of the molecule is O=S(=O)(CCCO)c1cccc(Oc2ccc(F)c(-c3ncnc4c(C(F)(F)F)cccc34)c2)c1. The summed E-state index contributed by atoms with van der Waals surface area (Å²) < 4.78 is 85.5. The molecule has 35 heavy (non-hydrogen) atoms. The molecule has 1 N–H and O–H groups in total. The largest absolute Gasteiger partial charge is 0.457 e. The van der Waals surface area contributed by atoms with Crippen LogP contribution in [-0.2, 0) is 16.0 Å². The fourth-order valence-electron chi connectivity index (χ4n) is 3.52. The van der Waals surface area contributed by atoms with E-state index in [0.717, 1.165) is 18.5 Å². The van der Waals surface area contributed by atoms with Gasteiger partial charge < -0.3 is 9.84 Å². The molecule has 11 heteroatoms. The molecular formula is C24H18F4N2O4S. The van der Waals surface area contributed by atoms with Crippen LogP contribution >= 0.6 is 0 Å². The van der Waals surface area contributed by atoms with Crippen LogP contribution in [0.25, 0.3) is 22.2 Å². The first-order chi connectivity index (χ1) is 16.6. The number of alkyl halides is 3. The van der Waals surface area contributed by atoms with Crippen molar-refractivity contribution in [2.24, 2.45) is 0 Å². The summed E-state index contributed by atoms with van der Waals surface area (Å²) >= 11 is 0. The summed E-state index contributed by atoms with van der Waals surface area (Å²) in [5.41, 5.74) is -1.49. The number of aromatic nitrogens is 2. The highest BCUT2D eigenvalue weighted by atomic mass is 32.2. The minimum absolute atomic E-state index is 0.00717. The van der Waals surface area contributed by atoms with E-state index in [-0.39, 0.29) is 57.3 Å². The molecule has 0 aliphatic rings. The van der Waals surface area contributed by atoms with Gasteiger partial charge in [0.05, 0.1) is 27.4 Å². The molecule has 0 amide bonds. The molecular weight excluding hydrogens is 488 g/mol. The van der Waals surface area contributed by atoms with E-state index in [1.807, 2.05) is 0 Å². The van der Waals surface area contributed by atoms with E-state index >= 15 is 0 Å². The van der Waals surface area contributed by atoms with Gasteiger partial charge in [-0.1, -0.05) is 18.2 Å². The molecule has 0 atom stereocenters. The van der Waals surface area contributed by atoms with Gasteiger partial charge in [-0.15, -0.1) is 0 Å². The molecule has 4 aromatic rings. The Morgan fingerprint density at radius 2 is 1.69 bits per heavy atom. The summed E-state index contributed by atoms with van der Waals surface area (Å²) in [6.07, 6.45) is -3.64. The van der Waals surface area contributed by atoms with E-state index in [2.05, 4.69) is 9.97 Å². The summed E-state index contributed by atoms with van der Waals surface area (Å²) in [5, 5.41) is 8.91. The second kappa shape index (κ2) is 9.59. The van der Waals surface area contributed by atoms with Crippen LogP contribution in [0.2, 0.25) is 0 Å². The van der Waals surface area contributed by atoms with E-state index in [1.54, 1.807) is 0 Å². The molecule has 0 saturated carbocycles. The second-order valence-electron chi connectivity index (χ2n) is 7.54. The highest BCUT2D eigenvalue weighted by molar-refractivity contribution is 7.91. The van der Waals surface area contributed by atoms with Crippen molar-refractivity contribution in [2.45, 2.75) is 17.5 Å². The standard InChI is InChI=1S/C24H18F4N2O4S/c25-21-9-8-16(34-15-4-1-5-17(12-15)35(32,33)11-3-10-31)13-19(21)22-18-6-2-7-20(24(26,27)28)23(18)30-14-29-22/h1-2,4-9,12-14,31H,3,10-11H2. The number of hydrogen-bond acceptors (Lipinski definition) is 6. The predicted octanol–water partition coefficient (Wildman–Crippen LogP) is 5.40. The van der Waals surface area contributed by atoms with Crippen LogP contribution in [0.15, 0.2) is 71.9 Å². The zero-order valence-corrected chi connectivity index (χ0v) is 18.8. The average molecular weight is 506 g/mol. The molecule has 0 unspecified atom stereocenters. The number of aliphatic hydroxyl groups is 1. The van der Waals surface area contributed by atoms with Crippen molar-refractivity contribution in [2.75, 3.05) is 12.4 Å². The Hall–Kier alpha value is -3.57. The second-order valence-corrected chi connectivity index (χ2v) is 9.65. The lowest BCUT2D eigenvalue weighted by Gasteiger charge is -2.13. The number of aliphatic hydroxyl groups excluding tert-OH is 1. The van der Waals surface area contributed by atoms with Gasteiger partial charge in [0.2, 0.25) is 0 Å². The third kappa shape index (κ3) is 5.25. The maximum atomic E-state index is 14.8. The van der Waals surface area contributed by atoms with Crippen LogP contribution in [0.5, 0.6) is 11.5 Å². The predicted molar refractivity (Wildman–Crippen MR) is 120 cm³/mol. The van der Waals surface area contributed by atoms with Crippen molar-refractivity contribution in [3.63, 3.8) is 0 Å². The van der Waals surface area contributed by atoms with Crippen LogP contribution < -0.4 is 4.74 Å². The van der Waals surface area contributed by atoms with Crippen LogP contribution in [0, 0.1) is 5.82 Å². The minimum Gasteiger partial charge on any atom is -0.457 e. The molecule has 4 rings (SSSR count). The van der Waals surface area contributed by atoms with Gasteiger partial charge in [0.1, 0.15) is 23.6 Å². The van der Waals surface area contributed by atoms with Crippen molar-refractivity contribution in [1.29, 1.82) is 0 Å². The van der Waals surface area contributed by atoms with Gasteiger partial charge in [-0.25, -0.2) is 22.8 Å². The highest BCUT2D eigenvalue weighted by Crippen LogP contribution is 2.37. The molecule has 6 nitrogen and oxygen atoms in total. The van der Waals surface area contributed by atoms with Crippen molar-refractivity contribution >= 4 is 20.7 Å². The number of para-hydroxylation sites is 1. The molecule has 1 heterocycles. The van der Waals surface area contributed by atoms with E-state index in [9.17, 15) is 26.0 Å². The van der Waals surface area contributed by atoms with Gasteiger partial charge in [-0.3, -0.25) is 0 Å². The zero-order chi connectivity index (χ0) is 25.2. The topological polar surface area (TPSA) is 89.4 Å². The fourth-order valence-corrected chi connectivity index (χ4v) is 4.85. The molecule has 0 fully saturated rings. The first kappa shape index (κ1) is 24.6. The van der Waals surface area contributed by atoms with Gasteiger partial charge in [0, 0.05) is 17.6 Å². The molecule has 0 radical (unpaired) electrons. The Bertz CT molecular complexity index is 1490. The number of nitrogens with zero attached hydrogens (tertiary/aromatic N) is 2.